The van der Waals surface area contributed by atoms with Crippen LogP contribution in [-0.2, 0) is 25.6 Å². The van der Waals surface area contributed by atoms with E-state index in [1.54, 1.807) is 30.3 Å². The van der Waals surface area contributed by atoms with Crippen LogP contribution < -0.4 is 44.6 Å². The number of hydrogen-bond acceptors (Lipinski definition) is 8. The van der Waals surface area contributed by atoms with E-state index in [0.717, 1.165) is 5.56 Å². The van der Waals surface area contributed by atoms with Crippen molar-refractivity contribution >= 4 is 48.2 Å². The predicted octanol–water partition coefficient (Wildman–Crippen LogP) is -2.87. The zero-order valence-electron chi connectivity index (χ0n) is 22.2. The Kier molecular flexibility index (Phi) is 15.5. The van der Waals surface area contributed by atoms with Crippen LogP contribution in [0.5, 0.6) is 0 Å². The number of hydrogen-bond donors (Lipinski definition) is 10. The Bertz CT molecular complexity index is 1030. The minimum atomic E-state index is -1.28. The molecule has 15 nitrogen and oxygen atoms in total. The molecule has 0 aliphatic carbocycles. The number of nitrogens with one attached hydrogen (secondary N) is 3. The number of carbonyl (C=O) groups excluding carboxylic acids is 3. The van der Waals surface area contributed by atoms with Gasteiger partial charge in [0.1, 0.15) is 18.1 Å². The Balaban J connectivity index is 3.07. The number of carboxylic acid groups (broad SMARTS) is 1. The van der Waals surface area contributed by atoms with Crippen molar-refractivity contribution in [2.75, 3.05) is 18.8 Å². The van der Waals surface area contributed by atoms with Crippen LogP contribution in [-0.4, -0.2) is 83.7 Å². The van der Waals surface area contributed by atoms with Gasteiger partial charge >= 0.3 is 5.97 Å². The van der Waals surface area contributed by atoms with Gasteiger partial charge in [0, 0.05) is 25.3 Å². The molecule has 4 atom stereocenters. The summed E-state index contributed by atoms with van der Waals surface area (Å²) in [7, 11) is 0. The van der Waals surface area contributed by atoms with Crippen molar-refractivity contribution in [3.05, 3.63) is 35.9 Å². The van der Waals surface area contributed by atoms with Gasteiger partial charge in [-0.05, 0) is 31.2 Å². The third kappa shape index (κ3) is 13.7. The first-order valence-corrected chi connectivity index (χ1v) is 13.2. The summed E-state index contributed by atoms with van der Waals surface area (Å²) in [6.45, 7) is 0.466. The van der Waals surface area contributed by atoms with Gasteiger partial charge in [0.05, 0.1) is 6.04 Å². The SMILES string of the molecule is NC(N)=NCCCC(N)C(=O)NC(Cc1ccccc1)C(=O)NC(CCCN=C(N)N)C(=O)NC(CS)C(=O)O. The number of thiol groups is 1. The Morgan fingerprint density at radius 1 is 0.775 bits per heavy atom. The standard InChI is InChI=1S/C24H40N10O5S/c25-15(8-4-10-30-23(26)27)19(35)33-17(12-14-6-2-1-3-7-14)21(37)32-16(9-5-11-31-24(28)29)20(36)34-18(13-40)22(38)39/h1-3,6-7,15-18,40H,4-5,8-13,25H2,(H,32,37)(H,33,35)(H,34,36)(H,38,39)(H4,26,27,30)(H4,28,29,31). The molecule has 0 saturated carbocycles. The first kappa shape index (κ1) is 34.0. The van der Waals surface area contributed by atoms with Crippen molar-refractivity contribution < 1.29 is 24.3 Å². The van der Waals surface area contributed by atoms with Crippen LogP contribution in [0.15, 0.2) is 40.3 Å². The van der Waals surface area contributed by atoms with Crippen molar-refractivity contribution in [1.82, 2.24) is 16.0 Å². The van der Waals surface area contributed by atoms with Crippen LogP contribution in [0.2, 0.25) is 0 Å². The van der Waals surface area contributed by atoms with E-state index >= 15 is 0 Å². The molecule has 0 fully saturated rings. The largest absolute Gasteiger partial charge is 0.480 e. The number of nitrogens with two attached hydrogens (primary N) is 5. The topological polar surface area (TPSA) is 279 Å². The van der Waals surface area contributed by atoms with Gasteiger partial charge in [0.15, 0.2) is 11.9 Å². The van der Waals surface area contributed by atoms with Crippen molar-refractivity contribution in [2.45, 2.75) is 56.3 Å². The number of benzene rings is 1. The molecule has 16 heteroatoms. The lowest BCUT2D eigenvalue weighted by molar-refractivity contribution is -0.141. The summed E-state index contributed by atoms with van der Waals surface area (Å²) in [5.41, 5.74) is 28.0. The molecule has 1 aromatic carbocycles. The highest BCUT2D eigenvalue weighted by molar-refractivity contribution is 7.80. The fraction of sp³-hybridized carbons (Fsp3) is 0.500. The Labute approximate surface area is 238 Å². The molecule has 40 heavy (non-hydrogen) atoms. The highest BCUT2D eigenvalue weighted by Crippen LogP contribution is 2.07. The summed E-state index contributed by atoms with van der Waals surface area (Å²) in [6, 6.07) is 4.49. The maximum atomic E-state index is 13.4. The fourth-order valence-corrected chi connectivity index (χ4v) is 3.74. The zero-order chi connectivity index (χ0) is 30.1. The molecule has 0 radical (unpaired) electrons. The van der Waals surface area contributed by atoms with Gasteiger partial charge in [-0.1, -0.05) is 30.3 Å². The van der Waals surface area contributed by atoms with Gasteiger partial charge in [0.2, 0.25) is 17.7 Å². The third-order valence-corrected chi connectivity index (χ3v) is 5.96. The number of guanidine groups is 2. The minimum absolute atomic E-state index is 0.0708. The smallest absolute Gasteiger partial charge is 0.327 e. The second-order valence-corrected chi connectivity index (χ2v) is 9.26. The molecular formula is C24H40N10O5S. The molecule has 0 spiro atoms. The lowest BCUT2D eigenvalue weighted by Gasteiger charge is -2.25. The molecule has 0 saturated heterocycles. The number of nitrogens with zero attached hydrogens (tertiary/aromatic N) is 2. The van der Waals surface area contributed by atoms with Gasteiger partial charge in [-0.25, -0.2) is 4.79 Å². The van der Waals surface area contributed by atoms with E-state index in [-0.39, 0.29) is 50.0 Å². The molecule has 14 N–H and O–H groups in total. The van der Waals surface area contributed by atoms with Crippen molar-refractivity contribution in [1.29, 1.82) is 0 Å². The highest BCUT2D eigenvalue weighted by Gasteiger charge is 2.30. The molecule has 0 bridgehead atoms. The average molecular weight is 581 g/mol. The second kappa shape index (κ2) is 18.3. The van der Waals surface area contributed by atoms with Crippen LogP contribution in [0.1, 0.15) is 31.2 Å². The third-order valence-electron chi connectivity index (χ3n) is 5.60. The van der Waals surface area contributed by atoms with Gasteiger partial charge in [-0.2, -0.15) is 12.6 Å². The first-order valence-electron chi connectivity index (χ1n) is 12.6. The fourth-order valence-electron chi connectivity index (χ4n) is 3.49. The van der Waals surface area contributed by atoms with E-state index in [0.29, 0.717) is 12.8 Å². The highest BCUT2D eigenvalue weighted by atomic mass is 32.1. The zero-order valence-corrected chi connectivity index (χ0v) is 23.1. The van der Waals surface area contributed by atoms with E-state index in [9.17, 15) is 24.3 Å². The van der Waals surface area contributed by atoms with Gasteiger partial charge in [0.25, 0.3) is 0 Å². The molecule has 0 heterocycles. The number of rotatable bonds is 18. The molecule has 0 aromatic heterocycles. The van der Waals surface area contributed by atoms with Crippen LogP contribution in [0, 0.1) is 0 Å². The lowest BCUT2D eigenvalue weighted by atomic mass is 10.0. The van der Waals surface area contributed by atoms with E-state index < -0.39 is 47.9 Å². The summed E-state index contributed by atoms with van der Waals surface area (Å²) in [4.78, 5) is 58.3. The summed E-state index contributed by atoms with van der Waals surface area (Å²) in [5, 5.41) is 16.9. The molecule has 0 aliphatic rings. The maximum Gasteiger partial charge on any atom is 0.327 e. The maximum absolute atomic E-state index is 13.4. The Morgan fingerprint density at radius 2 is 1.27 bits per heavy atom. The van der Waals surface area contributed by atoms with E-state index in [2.05, 4.69) is 38.6 Å². The van der Waals surface area contributed by atoms with Crippen LogP contribution in [0.25, 0.3) is 0 Å². The summed E-state index contributed by atoms with van der Waals surface area (Å²) >= 11 is 3.95. The average Bonchev–Trinajstić information content (AvgIpc) is 2.90. The molecule has 1 rings (SSSR count). The van der Waals surface area contributed by atoms with Crippen molar-refractivity contribution in [3.8, 4) is 0 Å². The van der Waals surface area contributed by atoms with Crippen LogP contribution >= 0.6 is 12.6 Å². The number of carbonyl (C=O) groups is 4. The summed E-state index contributed by atoms with van der Waals surface area (Å²) < 4.78 is 0. The number of aliphatic carboxylic acids is 1. The van der Waals surface area contributed by atoms with E-state index in [1.807, 2.05) is 0 Å². The van der Waals surface area contributed by atoms with E-state index in [4.69, 9.17) is 28.7 Å². The number of carboxylic acids is 1. The molecule has 0 aliphatic heterocycles. The van der Waals surface area contributed by atoms with Gasteiger partial charge < -0.3 is 49.7 Å². The molecule has 3 amide bonds. The molecule has 1 aromatic rings. The minimum Gasteiger partial charge on any atom is -0.480 e. The predicted molar refractivity (Wildman–Crippen MR) is 155 cm³/mol. The Hall–Kier alpha value is -4.05. The molecular weight excluding hydrogens is 540 g/mol. The van der Waals surface area contributed by atoms with Crippen molar-refractivity contribution in [3.63, 3.8) is 0 Å². The summed E-state index contributed by atoms with van der Waals surface area (Å²) in [5.74, 6) is -3.62. The normalized spacial score (nSPS) is 13.6. The second-order valence-electron chi connectivity index (χ2n) is 8.90. The number of aliphatic imine (C=N–C) groups is 2. The summed E-state index contributed by atoms with van der Waals surface area (Å²) in [6.07, 6.45) is 1.19. The van der Waals surface area contributed by atoms with E-state index in [1.165, 1.54) is 0 Å². The van der Waals surface area contributed by atoms with Gasteiger partial charge in [-0.15, -0.1) is 0 Å². The quantitative estimate of drug-likeness (QED) is 0.0366. The Morgan fingerprint density at radius 3 is 1.80 bits per heavy atom. The van der Waals surface area contributed by atoms with Crippen molar-refractivity contribution in [2.24, 2.45) is 38.7 Å². The number of amides is 3. The van der Waals surface area contributed by atoms with Crippen LogP contribution in [0.3, 0.4) is 0 Å². The van der Waals surface area contributed by atoms with Crippen LogP contribution in [0.4, 0.5) is 0 Å². The molecule has 4 unspecified atom stereocenters. The monoisotopic (exact) mass is 580 g/mol. The first-order chi connectivity index (χ1) is 18.9. The molecule has 222 valence electrons. The lowest BCUT2D eigenvalue weighted by Crippen LogP contribution is -2.57. The van der Waals surface area contributed by atoms with Gasteiger partial charge in [-0.3, -0.25) is 24.4 Å².